The fourth-order valence-corrected chi connectivity index (χ4v) is 3.40. The van der Waals surface area contributed by atoms with E-state index in [-0.39, 0.29) is 29.9 Å². The second-order valence-corrected chi connectivity index (χ2v) is 6.69. The molecular weight excluding hydrogens is 435 g/mol. The van der Waals surface area contributed by atoms with Gasteiger partial charge < -0.3 is 16.0 Å². The maximum Gasteiger partial charge on any atom is 0.221 e. The highest BCUT2D eigenvalue weighted by Crippen LogP contribution is 2.17. The molecule has 3 N–H and O–H groups in total. The van der Waals surface area contributed by atoms with E-state index in [0.29, 0.717) is 25.6 Å². The van der Waals surface area contributed by atoms with E-state index < -0.39 is 0 Å². The third-order valence-corrected chi connectivity index (χ3v) is 4.69. The van der Waals surface area contributed by atoms with Crippen LogP contribution in [0.3, 0.4) is 0 Å². The molecule has 1 saturated carbocycles. The van der Waals surface area contributed by atoms with Crippen LogP contribution in [0.15, 0.2) is 21.8 Å². The standard InChI is InChI=1S/C17H28N4OS.HI/c1-2-18-17(20-12-14-9-11-23-13-14)19-10-8-16(22)21-15-6-4-3-5-7-15;/h9,11,13,15H,2-8,10,12H2,1H3,(H,21,22)(H2,18,19,20);1H. The zero-order valence-electron chi connectivity index (χ0n) is 14.3. The van der Waals surface area contributed by atoms with Crippen molar-refractivity contribution in [2.45, 2.75) is 58.0 Å². The fourth-order valence-electron chi connectivity index (χ4n) is 2.74. The van der Waals surface area contributed by atoms with Gasteiger partial charge in [-0.05, 0) is 42.2 Å². The van der Waals surface area contributed by atoms with Crippen LogP contribution in [0.5, 0.6) is 0 Å². The maximum atomic E-state index is 12.0. The Morgan fingerprint density at radius 1 is 1.29 bits per heavy atom. The van der Waals surface area contributed by atoms with E-state index in [2.05, 4.69) is 37.8 Å². The number of nitrogens with one attached hydrogen (secondary N) is 3. The summed E-state index contributed by atoms with van der Waals surface area (Å²) in [6.07, 6.45) is 6.53. The Kier molecular flexibility index (Phi) is 11.1. The van der Waals surface area contributed by atoms with Crippen LogP contribution < -0.4 is 16.0 Å². The Morgan fingerprint density at radius 3 is 2.75 bits per heavy atom. The van der Waals surface area contributed by atoms with Crippen LogP contribution in [-0.4, -0.2) is 31.0 Å². The third kappa shape index (κ3) is 8.32. The Bertz CT molecular complexity index is 487. The minimum absolute atomic E-state index is 0. The van der Waals surface area contributed by atoms with Crippen LogP contribution in [0, 0.1) is 0 Å². The van der Waals surface area contributed by atoms with Crippen molar-refractivity contribution in [2.24, 2.45) is 4.99 Å². The summed E-state index contributed by atoms with van der Waals surface area (Å²) >= 11 is 1.68. The Balaban J connectivity index is 0.00000288. The molecule has 0 spiro atoms. The van der Waals surface area contributed by atoms with Gasteiger partial charge >= 0.3 is 0 Å². The quantitative estimate of drug-likeness (QED) is 0.330. The van der Waals surface area contributed by atoms with Crippen molar-refractivity contribution in [2.75, 3.05) is 13.1 Å². The first-order valence-corrected chi connectivity index (χ1v) is 9.55. The summed E-state index contributed by atoms with van der Waals surface area (Å²) in [5.41, 5.74) is 1.21. The number of carbonyl (C=O) groups is 1. The third-order valence-electron chi connectivity index (χ3n) is 3.96. The number of nitrogens with zero attached hydrogens (tertiary/aromatic N) is 1. The molecule has 0 aliphatic heterocycles. The predicted octanol–water partition coefficient (Wildman–Crippen LogP) is 3.26. The van der Waals surface area contributed by atoms with Gasteiger partial charge in [0, 0.05) is 25.6 Å². The van der Waals surface area contributed by atoms with Gasteiger partial charge in [-0.25, -0.2) is 4.99 Å². The molecule has 0 unspecified atom stereocenters. The number of rotatable bonds is 7. The Labute approximate surface area is 166 Å². The van der Waals surface area contributed by atoms with Crippen LogP contribution in [0.4, 0.5) is 0 Å². The van der Waals surface area contributed by atoms with Crippen LogP contribution in [0.25, 0.3) is 0 Å². The average Bonchev–Trinajstić information content (AvgIpc) is 3.07. The summed E-state index contributed by atoms with van der Waals surface area (Å²) in [5.74, 6) is 0.905. The number of halogens is 1. The topological polar surface area (TPSA) is 65.5 Å². The number of carbonyl (C=O) groups excluding carboxylic acids is 1. The molecule has 1 aromatic rings. The molecule has 5 nitrogen and oxygen atoms in total. The molecule has 0 saturated heterocycles. The lowest BCUT2D eigenvalue weighted by atomic mass is 9.95. The molecular formula is C17H29IN4OS. The van der Waals surface area contributed by atoms with Gasteiger partial charge in [-0.3, -0.25) is 4.79 Å². The van der Waals surface area contributed by atoms with Crippen LogP contribution >= 0.6 is 35.3 Å². The molecule has 1 aromatic heterocycles. The fraction of sp³-hybridized carbons (Fsp3) is 0.647. The summed E-state index contributed by atoms with van der Waals surface area (Å²) in [7, 11) is 0. The molecule has 1 fully saturated rings. The molecule has 0 bridgehead atoms. The van der Waals surface area contributed by atoms with Crippen molar-refractivity contribution < 1.29 is 4.79 Å². The summed E-state index contributed by atoms with van der Waals surface area (Å²) in [6, 6.07) is 2.46. The SMILES string of the molecule is CCNC(=NCc1ccsc1)NCCC(=O)NC1CCCCC1.I. The van der Waals surface area contributed by atoms with Crippen molar-refractivity contribution >= 4 is 47.2 Å². The van der Waals surface area contributed by atoms with E-state index in [1.54, 1.807) is 11.3 Å². The second-order valence-electron chi connectivity index (χ2n) is 5.91. The second kappa shape index (κ2) is 12.5. The van der Waals surface area contributed by atoms with E-state index in [4.69, 9.17) is 0 Å². The highest BCUT2D eigenvalue weighted by molar-refractivity contribution is 14.0. The normalized spacial score (nSPS) is 15.5. The first-order valence-electron chi connectivity index (χ1n) is 8.60. The molecule has 0 radical (unpaired) electrons. The van der Waals surface area contributed by atoms with E-state index >= 15 is 0 Å². The number of amides is 1. The first kappa shape index (κ1) is 21.2. The van der Waals surface area contributed by atoms with Gasteiger partial charge in [0.15, 0.2) is 5.96 Å². The minimum Gasteiger partial charge on any atom is -0.357 e. The zero-order chi connectivity index (χ0) is 16.3. The summed E-state index contributed by atoms with van der Waals surface area (Å²) in [5, 5.41) is 13.7. The largest absolute Gasteiger partial charge is 0.357 e. The molecule has 7 heteroatoms. The van der Waals surface area contributed by atoms with Crippen LogP contribution in [0.2, 0.25) is 0 Å². The van der Waals surface area contributed by atoms with E-state index in [9.17, 15) is 4.79 Å². The van der Waals surface area contributed by atoms with Crippen molar-refractivity contribution in [3.05, 3.63) is 22.4 Å². The highest BCUT2D eigenvalue weighted by Gasteiger charge is 2.15. The average molecular weight is 464 g/mol. The lowest BCUT2D eigenvalue weighted by molar-refractivity contribution is -0.121. The lowest BCUT2D eigenvalue weighted by Crippen LogP contribution is -2.41. The van der Waals surface area contributed by atoms with Crippen molar-refractivity contribution in [1.82, 2.24) is 16.0 Å². The molecule has 2 rings (SSSR count). The minimum atomic E-state index is 0. The Morgan fingerprint density at radius 2 is 2.08 bits per heavy atom. The molecule has 0 aromatic carbocycles. The summed E-state index contributed by atoms with van der Waals surface area (Å²) in [6.45, 7) is 4.11. The lowest BCUT2D eigenvalue weighted by Gasteiger charge is -2.22. The van der Waals surface area contributed by atoms with Gasteiger partial charge in [0.2, 0.25) is 5.91 Å². The number of thiophene rings is 1. The first-order chi connectivity index (χ1) is 11.3. The Hall–Kier alpha value is -0.830. The van der Waals surface area contributed by atoms with Crippen LogP contribution in [0.1, 0.15) is 51.0 Å². The molecule has 1 heterocycles. The smallest absolute Gasteiger partial charge is 0.221 e. The van der Waals surface area contributed by atoms with E-state index in [0.717, 1.165) is 25.3 Å². The van der Waals surface area contributed by atoms with Gasteiger partial charge in [-0.15, -0.1) is 24.0 Å². The maximum absolute atomic E-state index is 12.0. The molecule has 1 aliphatic carbocycles. The van der Waals surface area contributed by atoms with Gasteiger partial charge in [0.1, 0.15) is 0 Å². The summed E-state index contributed by atoms with van der Waals surface area (Å²) in [4.78, 5) is 16.5. The zero-order valence-corrected chi connectivity index (χ0v) is 17.5. The van der Waals surface area contributed by atoms with Crippen LogP contribution in [-0.2, 0) is 11.3 Å². The highest BCUT2D eigenvalue weighted by atomic mass is 127. The molecule has 24 heavy (non-hydrogen) atoms. The van der Waals surface area contributed by atoms with E-state index in [1.807, 2.05) is 6.92 Å². The molecule has 136 valence electrons. The van der Waals surface area contributed by atoms with Gasteiger partial charge in [0.25, 0.3) is 0 Å². The number of hydrogen-bond acceptors (Lipinski definition) is 3. The molecule has 1 amide bonds. The number of aliphatic imine (C=N–C) groups is 1. The van der Waals surface area contributed by atoms with Crippen molar-refractivity contribution in [3.63, 3.8) is 0 Å². The number of hydrogen-bond donors (Lipinski definition) is 3. The van der Waals surface area contributed by atoms with Gasteiger partial charge in [0.05, 0.1) is 6.54 Å². The van der Waals surface area contributed by atoms with E-state index in [1.165, 1.54) is 24.8 Å². The molecule has 0 atom stereocenters. The van der Waals surface area contributed by atoms with Crippen molar-refractivity contribution in [1.29, 1.82) is 0 Å². The van der Waals surface area contributed by atoms with Gasteiger partial charge in [-0.1, -0.05) is 19.3 Å². The summed E-state index contributed by atoms with van der Waals surface area (Å²) < 4.78 is 0. The molecule has 1 aliphatic rings. The monoisotopic (exact) mass is 464 g/mol. The van der Waals surface area contributed by atoms with Gasteiger partial charge in [-0.2, -0.15) is 11.3 Å². The predicted molar refractivity (Wildman–Crippen MR) is 112 cm³/mol. The van der Waals surface area contributed by atoms with Crippen molar-refractivity contribution in [3.8, 4) is 0 Å². The number of guanidine groups is 1.